The Kier molecular flexibility index (Phi) is 4.99. The van der Waals surface area contributed by atoms with Gasteiger partial charge in [-0.05, 0) is 23.8 Å². The molecule has 30 heavy (non-hydrogen) atoms. The first kappa shape index (κ1) is 20.3. The number of pyridine rings is 1. The molecule has 0 fully saturated rings. The number of alkyl halides is 3. The second-order valence-electron chi connectivity index (χ2n) is 6.36. The Morgan fingerprint density at radius 3 is 2.53 bits per heavy atom. The average Bonchev–Trinajstić information content (AvgIpc) is 3.09. The number of aromatic amines is 1. The van der Waals surface area contributed by atoms with Crippen LogP contribution in [0, 0.1) is 5.82 Å². The number of halogens is 5. The van der Waals surface area contributed by atoms with Crippen LogP contribution >= 0.6 is 22.9 Å². The number of thiophene rings is 1. The molecule has 0 amide bonds. The smallest absolute Gasteiger partial charge is 0.308 e. The van der Waals surface area contributed by atoms with Gasteiger partial charge in [-0.3, -0.25) is 9.59 Å². The molecule has 0 spiro atoms. The third kappa shape index (κ3) is 3.75. The highest BCUT2D eigenvalue weighted by atomic mass is 35.5. The molecule has 0 radical (unpaired) electrons. The van der Waals surface area contributed by atoms with E-state index in [-0.39, 0.29) is 11.2 Å². The number of nitrogens with zero attached hydrogens (tertiary/aromatic N) is 2. The quantitative estimate of drug-likeness (QED) is 0.456. The minimum atomic E-state index is -4.69. The highest BCUT2D eigenvalue weighted by Crippen LogP contribution is 2.31. The molecule has 11 heteroatoms. The summed E-state index contributed by atoms with van der Waals surface area (Å²) in [6, 6.07) is 6.12. The summed E-state index contributed by atoms with van der Waals surface area (Å²) in [5.41, 5.74) is -1.30. The Morgan fingerprint density at radius 2 is 1.87 bits per heavy atom. The van der Waals surface area contributed by atoms with Crippen LogP contribution in [0.5, 0.6) is 0 Å². The minimum absolute atomic E-state index is 0.00232. The normalized spacial score (nSPS) is 11.9. The van der Waals surface area contributed by atoms with Crippen LogP contribution in [0.2, 0.25) is 5.02 Å². The second-order valence-corrected chi connectivity index (χ2v) is 7.62. The van der Waals surface area contributed by atoms with Crippen LogP contribution in [-0.4, -0.2) is 14.5 Å². The van der Waals surface area contributed by atoms with Crippen LogP contribution in [0.1, 0.15) is 11.4 Å². The highest BCUT2D eigenvalue weighted by molar-refractivity contribution is 7.17. The number of aromatic nitrogens is 3. The zero-order chi connectivity index (χ0) is 21.6. The van der Waals surface area contributed by atoms with E-state index in [1.165, 1.54) is 24.3 Å². The van der Waals surface area contributed by atoms with Gasteiger partial charge in [-0.1, -0.05) is 23.7 Å². The molecule has 0 aliphatic heterocycles. The standard InChI is InChI=1S/C19H10ClF4N3O2S/c20-13-5-10(19(22,23)24)6-27(18(13)29)7-14-25-16(28)15-12(8-30-17(15)26-14)9-1-3-11(21)4-2-9/h1-6,8H,7H2,(H,25,26,28). The molecule has 4 aromatic rings. The van der Waals surface area contributed by atoms with E-state index in [4.69, 9.17) is 11.6 Å². The van der Waals surface area contributed by atoms with E-state index in [0.29, 0.717) is 28.2 Å². The molecule has 0 bridgehead atoms. The molecule has 4 rings (SSSR count). The number of H-pyrrole nitrogens is 1. The summed E-state index contributed by atoms with van der Waals surface area (Å²) in [6.45, 7) is -0.405. The van der Waals surface area contributed by atoms with Crippen molar-refractivity contribution in [3.63, 3.8) is 0 Å². The fourth-order valence-electron chi connectivity index (χ4n) is 2.94. The lowest BCUT2D eigenvalue weighted by molar-refractivity contribution is -0.138. The topological polar surface area (TPSA) is 67.8 Å². The summed E-state index contributed by atoms with van der Waals surface area (Å²) < 4.78 is 52.9. The van der Waals surface area contributed by atoms with Gasteiger partial charge in [0.15, 0.2) is 0 Å². The molecule has 0 aliphatic rings. The van der Waals surface area contributed by atoms with Crippen LogP contribution in [0.25, 0.3) is 21.3 Å². The van der Waals surface area contributed by atoms with Gasteiger partial charge >= 0.3 is 6.18 Å². The van der Waals surface area contributed by atoms with Crippen LogP contribution in [0.4, 0.5) is 17.6 Å². The molecule has 3 heterocycles. The SMILES string of the molecule is O=c1[nH]c(Cn2cc(C(F)(F)F)cc(Cl)c2=O)nc2scc(-c3ccc(F)cc3)c12. The molecule has 0 atom stereocenters. The summed E-state index contributed by atoms with van der Waals surface area (Å²) in [7, 11) is 0. The highest BCUT2D eigenvalue weighted by Gasteiger charge is 2.32. The lowest BCUT2D eigenvalue weighted by Gasteiger charge is -2.11. The maximum Gasteiger partial charge on any atom is 0.417 e. The summed E-state index contributed by atoms with van der Waals surface area (Å²) in [6.07, 6.45) is -4.07. The predicted octanol–water partition coefficient (Wildman–Crippen LogP) is 4.67. The molecule has 1 aromatic carbocycles. The van der Waals surface area contributed by atoms with Gasteiger partial charge in [0.1, 0.15) is 21.5 Å². The van der Waals surface area contributed by atoms with Crippen molar-refractivity contribution in [2.75, 3.05) is 0 Å². The van der Waals surface area contributed by atoms with Gasteiger partial charge in [0.2, 0.25) is 0 Å². The van der Waals surface area contributed by atoms with Gasteiger partial charge in [-0.2, -0.15) is 13.2 Å². The van der Waals surface area contributed by atoms with Crippen LogP contribution in [-0.2, 0) is 12.7 Å². The lowest BCUT2D eigenvalue weighted by Crippen LogP contribution is -2.25. The fourth-order valence-corrected chi connectivity index (χ4v) is 4.14. The first-order chi connectivity index (χ1) is 14.1. The summed E-state index contributed by atoms with van der Waals surface area (Å²) in [5.74, 6) is -0.421. The Bertz CT molecular complexity index is 1370. The van der Waals surface area contributed by atoms with Crippen molar-refractivity contribution in [3.05, 3.63) is 84.8 Å². The second kappa shape index (κ2) is 7.37. The Balaban J connectivity index is 1.77. The Labute approximate surface area is 174 Å². The molecule has 1 N–H and O–H groups in total. The zero-order valence-electron chi connectivity index (χ0n) is 14.8. The lowest BCUT2D eigenvalue weighted by atomic mass is 10.1. The van der Waals surface area contributed by atoms with E-state index in [1.807, 2.05) is 0 Å². The van der Waals surface area contributed by atoms with Crippen molar-refractivity contribution in [1.82, 2.24) is 14.5 Å². The molecule has 5 nitrogen and oxygen atoms in total. The van der Waals surface area contributed by atoms with E-state index in [1.54, 1.807) is 5.38 Å². The summed E-state index contributed by atoms with van der Waals surface area (Å²) in [5, 5.41) is 1.35. The fraction of sp³-hybridized carbons (Fsp3) is 0.105. The van der Waals surface area contributed by atoms with Gasteiger partial charge in [-0.25, -0.2) is 9.37 Å². The largest absolute Gasteiger partial charge is 0.417 e. The summed E-state index contributed by atoms with van der Waals surface area (Å²) in [4.78, 5) is 31.9. The van der Waals surface area contributed by atoms with Crippen molar-refractivity contribution in [3.8, 4) is 11.1 Å². The van der Waals surface area contributed by atoms with E-state index < -0.39 is 40.2 Å². The molecular weight excluding hydrogens is 446 g/mol. The molecular formula is C19H10ClF4N3O2S. The number of hydrogen-bond acceptors (Lipinski definition) is 4. The number of nitrogens with one attached hydrogen (secondary N) is 1. The first-order valence-electron chi connectivity index (χ1n) is 8.37. The van der Waals surface area contributed by atoms with E-state index >= 15 is 0 Å². The monoisotopic (exact) mass is 455 g/mol. The van der Waals surface area contributed by atoms with E-state index in [9.17, 15) is 27.2 Å². The van der Waals surface area contributed by atoms with Gasteiger partial charge in [0.05, 0.1) is 17.5 Å². The molecule has 3 aromatic heterocycles. The van der Waals surface area contributed by atoms with Crippen molar-refractivity contribution in [1.29, 1.82) is 0 Å². The number of benzene rings is 1. The molecule has 0 unspecified atom stereocenters. The van der Waals surface area contributed by atoms with E-state index in [0.717, 1.165) is 15.9 Å². The van der Waals surface area contributed by atoms with Crippen molar-refractivity contribution in [2.24, 2.45) is 0 Å². The first-order valence-corrected chi connectivity index (χ1v) is 9.63. The molecule has 154 valence electrons. The number of hydrogen-bond donors (Lipinski definition) is 1. The van der Waals surface area contributed by atoms with Gasteiger partial charge in [0.25, 0.3) is 11.1 Å². The number of fused-ring (bicyclic) bond motifs is 1. The van der Waals surface area contributed by atoms with Crippen molar-refractivity contribution >= 4 is 33.2 Å². The molecule has 0 saturated heterocycles. The third-order valence-electron chi connectivity index (χ3n) is 4.34. The average molecular weight is 456 g/mol. The van der Waals surface area contributed by atoms with Crippen molar-refractivity contribution < 1.29 is 17.6 Å². The zero-order valence-corrected chi connectivity index (χ0v) is 16.3. The maximum absolute atomic E-state index is 13.2. The van der Waals surface area contributed by atoms with Crippen LogP contribution in [0.15, 0.2) is 51.5 Å². The third-order valence-corrected chi connectivity index (χ3v) is 5.48. The Morgan fingerprint density at radius 1 is 1.17 bits per heavy atom. The molecule has 0 aliphatic carbocycles. The van der Waals surface area contributed by atoms with Gasteiger partial charge in [-0.15, -0.1) is 11.3 Å². The van der Waals surface area contributed by atoms with Gasteiger partial charge < -0.3 is 9.55 Å². The summed E-state index contributed by atoms with van der Waals surface area (Å²) >= 11 is 6.80. The number of rotatable bonds is 3. The maximum atomic E-state index is 13.2. The predicted molar refractivity (Wildman–Crippen MR) is 105 cm³/mol. The minimum Gasteiger partial charge on any atom is -0.308 e. The molecule has 0 saturated carbocycles. The van der Waals surface area contributed by atoms with E-state index in [2.05, 4.69) is 9.97 Å². The Hall–Kier alpha value is -2.98. The van der Waals surface area contributed by atoms with Crippen LogP contribution in [0.3, 0.4) is 0 Å². The van der Waals surface area contributed by atoms with Gasteiger partial charge in [0, 0.05) is 17.1 Å². The van der Waals surface area contributed by atoms with Crippen molar-refractivity contribution in [2.45, 2.75) is 12.7 Å². The van der Waals surface area contributed by atoms with Crippen LogP contribution < -0.4 is 11.1 Å².